The number of hydrogen-bond donors (Lipinski definition) is 0. The van der Waals surface area contributed by atoms with E-state index in [9.17, 15) is 0 Å². The van der Waals surface area contributed by atoms with Crippen LogP contribution in [0.2, 0.25) is 0 Å². The average molecular weight is 948 g/mol. The van der Waals surface area contributed by atoms with E-state index in [2.05, 4.69) is 34.6 Å². The molecule has 0 spiro atoms. The van der Waals surface area contributed by atoms with Gasteiger partial charge in [0.25, 0.3) is 0 Å². The Morgan fingerprint density at radius 2 is 0.426 bits per heavy atom. The second-order valence-electron chi connectivity index (χ2n) is 14.4. The summed E-state index contributed by atoms with van der Waals surface area (Å²) in [5, 5.41) is 0. The minimum absolute atomic E-state index is 0.280. The van der Waals surface area contributed by atoms with Gasteiger partial charge in [-0.05, 0) is 0 Å². The van der Waals surface area contributed by atoms with Gasteiger partial charge in [0.1, 0.15) is 0 Å². The number of unbranched alkanes of at least 4 members (excludes halogenated alkanes) is 5. The summed E-state index contributed by atoms with van der Waals surface area (Å²) in [5.74, 6) is 3.66. The molecule has 10 nitrogen and oxygen atoms in total. The number of hydrogen-bond acceptors (Lipinski definition) is 10. The molecule has 5 aromatic carbocycles. The zero-order valence-corrected chi connectivity index (χ0v) is 39.2. The van der Waals surface area contributed by atoms with Gasteiger partial charge >= 0.3 is 369 Å². The first-order valence-corrected chi connectivity index (χ1v) is 27.3. The van der Waals surface area contributed by atoms with Crippen molar-refractivity contribution in [2.75, 3.05) is 33.0 Å². The van der Waals surface area contributed by atoms with Crippen LogP contribution in [0.5, 0.6) is 57.5 Å². The fourth-order valence-corrected chi connectivity index (χ4v) is 13.6. The molecule has 11 heteroatoms. The van der Waals surface area contributed by atoms with Crippen molar-refractivity contribution in [3.63, 3.8) is 0 Å². The van der Waals surface area contributed by atoms with Gasteiger partial charge in [0.05, 0.1) is 0 Å². The first kappa shape index (κ1) is 47.0. The SMILES string of the molecule is CCCCOc1ccccc1[O][Sb]([O]c1ccccc1OCCCC)([O]c1ccccc1OCCCC)([O]c1ccccc1OCCCC)[O]c1ccccc1OCCCC. The average Bonchev–Trinajstić information content (AvgIpc) is 3.27. The molecule has 0 aliphatic rings. The molecule has 0 aliphatic heterocycles. The van der Waals surface area contributed by atoms with Crippen LogP contribution in [0.25, 0.3) is 0 Å². The predicted molar refractivity (Wildman–Crippen MR) is 243 cm³/mol. The molecule has 5 aromatic rings. The number of benzene rings is 5. The first-order valence-electron chi connectivity index (χ1n) is 22.1. The summed E-state index contributed by atoms with van der Waals surface area (Å²) in [6.45, 7) is 12.8. The Labute approximate surface area is 367 Å². The van der Waals surface area contributed by atoms with Gasteiger partial charge in [-0.15, -0.1) is 0 Å². The van der Waals surface area contributed by atoms with E-state index in [1.54, 1.807) is 30.3 Å². The second-order valence-corrected chi connectivity index (χ2v) is 21.3. The molecular weight excluding hydrogens is 882 g/mol. The summed E-state index contributed by atoms with van der Waals surface area (Å²) in [7, 11) is 0. The molecule has 330 valence electrons. The number of rotatable bonds is 30. The summed E-state index contributed by atoms with van der Waals surface area (Å²) >= 11 is -7.19. The molecule has 0 aromatic heterocycles. The van der Waals surface area contributed by atoms with E-state index in [4.69, 9.17) is 38.8 Å². The molecule has 0 aliphatic carbocycles. The Balaban J connectivity index is 1.88. The van der Waals surface area contributed by atoms with Crippen molar-refractivity contribution in [3.8, 4) is 57.5 Å². The molecule has 0 heterocycles. The van der Waals surface area contributed by atoms with E-state index in [0.717, 1.165) is 64.2 Å². The zero-order chi connectivity index (χ0) is 43.0. The van der Waals surface area contributed by atoms with Crippen LogP contribution in [0.3, 0.4) is 0 Å². The van der Waals surface area contributed by atoms with Crippen molar-refractivity contribution in [2.24, 2.45) is 0 Å². The first-order chi connectivity index (χ1) is 29.9. The molecule has 0 atom stereocenters. The summed E-state index contributed by atoms with van der Waals surface area (Å²) in [4.78, 5) is 0. The van der Waals surface area contributed by atoms with Gasteiger partial charge in [-0.25, -0.2) is 0 Å². The van der Waals surface area contributed by atoms with Gasteiger partial charge in [0.15, 0.2) is 0 Å². The molecule has 61 heavy (non-hydrogen) atoms. The van der Waals surface area contributed by atoms with Crippen LogP contribution in [0.4, 0.5) is 0 Å². The molecule has 0 saturated heterocycles. The van der Waals surface area contributed by atoms with Crippen LogP contribution >= 0.6 is 0 Å². The molecule has 0 fully saturated rings. The van der Waals surface area contributed by atoms with Gasteiger partial charge in [0, 0.05) is 0 Å². The summed E-state index contributed by atoms with van der Waals surface area (Å²) in [6.07, 6.45) is 8.88. The van der Waals surface area contributed by atoms with E-state index in [1.807, 2.05) is 91.0 Å². The van der Waals surface area contributed by atoms with Gasteiger partial charge in [-0.2, -0.15) is 0 Å². The Morgan fingerprint density at radius 3 is 0.590 bits per heavy atom. The van der Waals surface area contributed by atoms with Gasteiger partial charge in [-0.1, -0.05) is 0 Å². The van der Waals surface area contributed by atoms with Gasteiger partial charge in [0.2, 0.25) is 0 Å². The van der Waals surface area contributed by atoms with E-state index in [0.29, 0.717) is 61.8 Å². The third kappa shape index (κ3) is 14.0. The van der Waals surface area contributed by atoms with Crippen molar-refractivity contribution >= 4 is 19.5 Å². The molecule has 0 saturated carbocycles. The van der Waals surface area contributed by atoms with Crippen molar-refractivity contribution in [2.45, 2.75) is 98.8 Å². The fraction of sp³-hybridized carbons (Fsp3) is 0.400. The van der Waals surface area contributed by atoms with Crippen LogP contribution in [0, 0.1) is 0 Å². The topological polar surface area (TPSA) is 92.3 Å². The maximum atomic E-state index is 7.46. The van der Waals surface area contributed by atoms with E-state index >= 15 is 0 Å². The van der Waals surface area contributed by atoms with E-state index in [-0.39, 0.29) is 28.7 Å². The van der Waals surface area contributed by atoms with Crippen LogP contribution in [-0.2, 0) is 0 Å². The van der Waals surface area contributed by atoms with Crippen molar-refractivity contribution in [3.05, 3.63) is 121 Å². The van der Waals surface area contributed by atoms with Gasteiger partial charge < -0.3 is 0 Å². The van der Waals surface area contributed by atoms with Crippen molar-refractivity contribution in [1.29, 1.82) is 0 Å². The summed E-state index contributed by atoms with van der Waals surface area (Å²) < 4.78 is 69.3. The van der Waals surface area contributed by atoms with Gasteiger partial charge in [-0.3, -0.25) is 0 Å². The molecule has 5 rings (SSSR count). The molecule has 0 unspecified atom stereocenters. The summed E-state index contributed by atoms with van der Waals surface area (Å²) in [6, 6.07) is 37.0. The van der Waals surface area contributed by atoms with Crippen molar-refractivity contribution in [1.82, 2.24) is 0 Å². The molecule has 0 N–H and O–H groups in total. The van der Waals surface area contributed by atoms with E-state index in [1.165, 1.54) is 0 Å². The molecular formula is C50H65O10Sb. The number of ether oxygens (including phenoxy) is 5. The standard InChI is InChI=1S/5C10H14O2.Sb/c5*1-2-3-8-12-10-7-5-4-6-9(10)11;/h5*4-7,11H,2-3,8H2,1H3;/q;;;;;+5/p-5. The number of para-hydroxylation sites is 10. The molecule has 0 bridgehead atoms. The van der Waals surface area contributed by atoms with E-state index < -0.39 is 19.5 Å². The Morgan fingerprint density at radius 1 is 0.262 bits per heavy atom. The maximum absolute atomic E-state index is 7.46. The van der Waals surface area contributed by atoms with Crippen LogP contribution < -0.4 is 38.8 Å². The normalized spacial score (nSPS) is 11.7. The third-order valence-electron chi connectivity index (χ3n) is 9.26. The quantitative estimate of drug-likeness (QED) is 0.0327. The Kier molecular flexibility index (Phi) is 19.3. The minimum atomic E-state index is -7.19. The van der Waals surface area contributed by atoms with Crippen molar-refractivity contribution < 1.29 is 38.8 Å². The zero-order valence-electron chi connectivity index (χ0n) is 36.7. The molecule has 0 amide bonds. The Hall–Kier alpha value is -5.08. The predicted octanol–water partition coefficient (Wildman–Crippen LogP) is 13.2. The van der Waals surface area contributed by atoms with Crippen LogP contribution in [0.1, 0.15) is 98.8 Å². The monoisotopic (exact) mass is 946 g/mol. The summed E-state index contributed by atoms with van der Waals surface area (Å²) in [5.41, 5.74) is 0. The molecule has 0 radical (unpaired) electrons. The second kappa shape index (κ2) is 25.0. The van der Waals surface area contributed by atoms with Crippen LogP contribution in [-0.4, -0.2) is 52.5 Å². The fourth-order valence-electron chi connectivity index (χ4n) is 5.85. The third-order valence-corrected chi connectivity index (χ3v) is 16.3. The van der Waals surface area contributed by atoms with Crippen LogP contribution in [0.15, 0.2) is 121 Å². The Bertz CT molecular complexity index is 1680.